The van der Waals surface area contributed by atoms with Crippen molar-refractivity contribution in [3.8, 4) is 11.4 Å². The average molecular weight is 325 g/mol. The largest absolute Gasteiger partial charge is 0.494 e. The minimum atomic E-state index is 0.0193. The van der Waals surface area contributed by atoms with E-state index in [2.05, 4.69) is 25.8 Å². The van der Waals surface area contributed by atoms with Crippen molar-refractivity contribution in [3.05, 3.63) is 54.6 Å². The molecule has 1 aromatic carbocycles. The van der Waals surface area contributed by atoms with Crippen LogP contribution in [0.1, 0.15) is 38.5 Å². The molecule has 6 nitrogen and oxygen atoms in total. The predicted octanol–water partition coefficient (Wildman–Crippen LogP) is 3.28. The Hall–Kier alpha value is -2.63. The first-order valence-corrected chi connectivity index (χ1v) is 8.16. The topological polar surface area (TPSA) is 57.8 Å². The lowest BCUT2D eigenvalue weighted by Gasteiger charge is -2.15. The van der Waals surface area contributed by atoms with Crippen molar-refractivity contribution < 1.29 is 4.74 Å². The van der Waals surface area contributed by atoms with Gasteiger partial charge in [-0.2, -0.15) is 5.10 Å². The van der Waals surface area contributed by atoms with Crippen LogP contribution >= 0.6 is 0 Å². The molecule has 0 N–H and O–H groups in total. The highest BCUT2D eigenvalue weighted by atomic mass is 16.5. The van der Waals surface area contributed by atoms with Crippen molar-refractivity contribution in [3.63, 3.8) is 0 Å². The summed E-state index contributed by atoms with van der Waals surface area (Å²) < 4.78 is 9.42. The van der Waals surface area contributed by atoms with E-state index in [0.717, 1.165) is 29.5 Å². The molecule has 0 saturated carbocycles. The minimum absolute atomic E-state index is 0.0193. The van der Waals surface area contributed by atoms with Gasteiger partial charge in [-0.05, 0) is 25.0 Å². The van der Waals surface area contributed by atoms with Crippen molar-refractivity contribution >= 4 is 0 Å². The Bertz CT molecular complexity index is 792. The van der Waals surface area contributed by atoms with Crippen LogP contribution in [0.3, 0.4) is 0 Å². The Morgan fingerprint density at radius 1 is 1.17 bits per heavy atom. The number of rotatable bonds is 6. The van der Waals surface area contributed by atoms with Crippen molar-refractivity contribution in [1.82, 2.24) is 24.3 Å². The van der Waals surface area contributed by atoms with Gasteiger partial charge in [0.1, 0.15) is 11.4 Å². The van der Waals surface area contributed by atoms with E-state index in [1.165, 1.54) is 0 Å². The van der Waals surface area contributed by atoms with E-state index >= 15 is 0 Å². The van der Waals surface area contributed by atoms with Crippen LogP contribution < -0.4 is 4.74 Å². The molecule has 24 heavy (non-hydrogen) atoms. The lowest BCUT2D eigenvalue weighted by Crippen LogP contribution is -2.13. The van der Waals surface area contributed by atoms with Crippen LogP contribution in [0, 0.1) is 5.92 Å². The Morgan fingerprint density at radius 2 is 1.96 bits per heavy atom. The summed E-state index contributed by atoms with van der Waals surface area (Å²) in [6.45, 7) is 6.43. The number of hydrogen-bond acceptors (Lipinski definition) is 4. The summed E-state index contributed by atoms with van der Waals surface area (Å²) in [4.78, 5) is 8.95. The summed E-state index contributed by atoms with van der Waals surface area (Å²) in [5, 5.41) is 4.75. The summed E-state index contributed by atoms with van der Waals surface area (Å²) in [6.07, 6.45) is 6.35. The van der Waals surface area contributed by atoms with E-state index in [-0.39, 0.29) is 6.04 Å². The van der Waals surface area contributed by atoms with Crippen LogP contribution in [-0.4, -0.2) is 31.4 Å². The lowest BCUT2D eigenvalue weighted by molar-refractivity contribution is 0.410. The van der Waals surface area contributed by atoms with Gasteiger partial charge in [-0.15, -0.1) is 0 Å². The third-order valence-corrected chi connectivity index (χ3v) is 3.93. The summed E-state index contributed by atoms with van der Waals surface area (Å²) in [7, 11) is 1.67. The molecule has 1 atom stereocenters. The van der Waals surface area contributed by atoms with Crippen molar-refractivity contribution in [1.29, 1.82) is 0 Å². The summed E-state index contributed by atoms with van der Waals surface area (Å²) in [6, 6.07) is 7.88. The number of hydrogen-bond donors (Lipinski definition) is 0. The SMILES string of the molecule is COc1ccccc1-n1nc(CC(C)C)nc1C(C)n1ccnc1. The Labute approximate surface area is 142 Å². The van der Waals surface area contributed by atoms with E-state index in [0.29, 0.717) is 5.92 Å². The number of para-hydroxylation sites is 2. The molecule has 0 aliphatic heterocycles. The van der Waals surface area contributed by atoms with Crippen LogP contribution in [0.25, 0.3) is 5.69 Å². The fourth-order valence-electron chi connectivity index (χ4n) is 2.70. The molecular weight excluding hydrogens is 302 g/mol. The molecule has 126 valence electrons. The number of benzene rings is 1. The zero-order valence-corrected chi connectivity index (χ0v) is 14.5. The van der Waals surface area contributed by atoms with Gasteiger partial charge in [0.05, 0.1) is 19.5 Å². The molecule has 2 heterocycles. The Kier molecular flexibility index (Phi) is 4.64. The number of methoxy groups -OCH3 is 1. The first-order valence-electron chi connectivity index (χ1n) is 8.16. The van der Waals surface area contributed by atoms with Gasteiger partial charge in [0.15, 0.2) is 11.6 Å². The molecule has 0 radical (unpaired) electrons. The van der Waals surface area contributed by atoms with E-state index in [1.54, 1.807) is 19.6 Å². The maximum Gasteiger partial charge on any atom is 0.155 e. The van der Waals surface area contributed by atoms with Crippen LogP contribution in [0.15, 0.2) is 43.0 Å². The first-order chi connectivity index (χ1) is 11.6. The summed E-state index contributed by atoms with van der Waals surface area (Å²) in [5.74, 6) is 2.98. The van der Waals surface area contributed by atoms with Crippen molar-refractivity contribution in [2.45, 2.75) is 33.2 Å². The smallest absolute Gasteiger partial charge is 0.155 e. The maximum atomic E-state index is 5.51. The number of nitrogens with zero attached hydrogens (tertiary/aromatic N) is 5. The molecule has 0 spiro atoms. The molecular formula is C18H23N5O. The highest BCUT2D eigenvalue weighted by molar-refractivity contribution is 5.46. The maximum absolute atomic E-state index is 5.51. The van der Waals surface area contributed by atoms with E-state index in [4.69, 9.17) is 14.8 Å². The van der Waals surface area contributed by atoms with Gasteiger partial charge in [0.25, 0.3) is 0 Å². The second kappa shape index (κ2) is 6.86. The van der Waals surface area contributed by atoms with E-state index in [1.807, 2.05) is 39.7 Å². The number of ether oxygens (including phenoxy) is 1. The number of aromatic nitrogens is 5. The molecule has 0 bridgehead atoms. The first kappa shape index (κ1) is 16.2. The molecule has 0 aliphatic carbocycles. The quantitative estimate of drug-likeness (QED) is 0.698. The number of imidazole rings is 1. The van der Waals surface area contributed by atoms with Gasteiger partial charge in [-0.3, -0.25) is 0 Å². The second-order valence-electron chi connectivity index (χ2n) is 6.25. The standard InChI is InChI=1S/C18H23N5O/c1-13(2)11-17-20-18(14(3)22-10-9-19-12-22)23(21-17)15-7-5-6-8-16(15)24-4/h5-10,12-14H,11H2,1-4H3. The summed E-state index contributed by atoms with van der Waals surface area (Å²) >= 11 is 0. The second-order valence-corrected chi connectivity index (χ2v) is 6.25. The molecule has 3 rings (SSSR count). The fourth-order valence-corrected chi connectivity index (χ4v) is 2.70. The van der Waals surface area contributed by atoms with E-state index < -0.39 is 0 Å². The van der Waals surface area contributed by atoms with Gasteiger partial charge >= 0.3 is 0 Å². The van der Waals surface area contributed by atoms with Crippen LogP contribution in [0.4, 0.5) is 0 Å². The highest BCUT2D eigenvalue weighted by Gasteiger charge is 2.21. The van der Waals surface area contributed by atoms with Gasteiger partial charge in [-0.25, -0.2) is 14.6 Å². The molecule has 2 aromatic heterocycles. The molecule has 0 saturated heterocycles. The molecule has 6 heteroatoms. The third-order valence-electron chi connectivity index (χ3n) is 3.93. The Balaban J connectivity index is 2.11. The van der Waals surface area contributed by atoms with Crippen LogP contribution in [0.5, 0.6) is 5.75 Å². The van der Waals surface area contributed by atoms with Crippen LogP contribution in [-0.2, 0) is 6.42 Å². The average Bonchev–Trinajstić information content (AvgIpc) is 3.23. The van der Waals surface area contributed by atoms with Gasteiger partial charge in [0, 0.05) is 18.8 Å². The predicted molar refractivity (Wildman–Crippen MR) is 92.5 cm³/mol. The molecule has 0 aliphatic rings. The zero-order chi connectivity index (χ0) is 17.1. The van der Waals surface area contributed by atoms with Gasteiger partial charge < -0.3 is 9.30 Å². The Morgan fingerprint density at radius 3 is 2.62 bits per heavy atom. The van der Waals surface area contributed by atoms with Crippen LogP contribution in [0.2, 0.25) is 0 Å². The summed E-state index contributed by atoms with van der Waals surface area (Å²) in [5.41, 5.74) is 0.893. The monoisotopic (exact) mass is 325 g/mol. The molecule has 1 unspecified atom stereocenters. The molecule has 3 aromatic rings. The fraction of sp³-hybridized carbons (Fsp3) is 0.389. The van der Waals surface area contributed by atoms with Gasteiger partial charge in [0.2, 0.25) is 0 Å². The van der Waals surface area contributed by atoms with Gasteiger partial charge in [-0.1, -0.05) is 26.0 Å². The third kappa shape index (κ3) is 3.18. The highest BCUT2D eigenvalue weighted by Crippen LogP contribution is 2.26. The van der Waals surface area contributed by atoms with Crippen molar-refractivity contribution in [2.24, 2.45) is 5.92 Å². The lowest BCUT2D eigenvalue weighted by atomic mass is 10.1. The molecule has 0 amide bonds. The van der Waals surface area contributed by atoms with E-state index in [9.17, 15) is 0 Å². The normalized spacial score (nSPS) is 12.5. The molecule has 0 fully saturated rings. The minimum Gasteiger partial charge on any atom is -0.494 e. The van der Waals surface area contributed by atoms with Crippen molar-refractivity contribution in [2.75, 3.05) is 7.11 Å². The zero-order valence-electron chi connectivity index (χ0n) is 14.5.